The molecule has 390 valence electrons. The third-order valence-electron chi connectivity index (χ3n) is 15.0. The summed E-state index contributed by atoms with van der Waals surface area (Å²) < 4.78 is 61.7. The molecule has 0 aliphatic carbocycles. The summed E-state index contributed by atoms with van der Waals surface area (Å²) in [6.07, 6.45) is -0.114. The van der Waals surface area contributed by atoms with Crippen LogP contribution in [0.3, 0.4) is 0 Å². The fourth-order valence-electron chi connectivity index (χ4n) is 11.4. The van der Waals surface area contributed by atoms with Crippen molar-refractivity contribution in [3.63, 3.8) is 0 Å². The van der Waals surface area contributed by atoms with E-state index in [2.05, 4.69) is 96.4 Å². The van der Waals surface area contributed by atoms with Crippen LogP contribution in [0.25, 0.3) is 11.2 Å². The minimum atomic E-state index is -3.25. The second-order valence-electron chi connectivity index (χ2n) is 20.8. The first-order valence-electron chi connectivity index (χ1n) is 25.7. The fraction of sp³-hybridized carbons (Fsp3) is 0.300. The number of hydrogen-bond donors (Lipinski definition) is 1. The fourth-order valence-corrected chi connectivity index (χ4v) is 16.0. The number of piperidine rings is 1. The second kappa shape index (κ2) is 20.7. The first-order chi connectivity index (χ1) is 36.8. The van der Waals surface area contributed by atoms with E-state index in [0.29, 0.717) is 43.1 Å². The van der Waals surface area contributed by atoms with E-state index in [0.717, 1.165) is 27.1 Å². The Morgan fingerprint density at radius 1 is 0.789 bits per heavy atom. The van der Waals surface area contributed by atoms with Crippen molar-refractivity contribution in [1.82, 2.24) is 24.4 Å². The number of methoxy groups -OCH3 is 1. The monoisotopic (exact) mass is 1040 g/mol. The van der Waals surface area contributed by atoms with Gasteiger partial charge in [0.2, 0.25) is 5.95 Å². The lowest BCUT2D eigenvalue weighted by atomic mass is 9.77. The van der Waals surface area contributed by atoms with Crippen molar-refractivity contribution in [3.8, 4) is 11.5 Å². The number of aliphatic imine (C=N–C) groups is 1. The zero-order valence-electron chi connectivity index (χ0n) is 43.5. The largest absolute Gasteiger partial charge is 0.457 e. The number of H-pyrrole nitrogens is 1. The van der Waals surface area contributed by atoms with E-state index in [-0.39, 0.29) is 29.5 Å². The minimum absolute atomic E-state index is 0.0407. The number of nitrogens with one attached hydrogen (secondary N) is 1. The van der Waals surface area contributed by atoms with Crippen molar-refractivity contribution in [1.29, 1.82) is 0 Å². The molecule has 3 aliphatic heterocycles. The maximum absolute atomic E-state index is 15.4. The summed E-state index contributed by atoms with van der Waals surface area (Å²) in [5.74, 6) is -0.211. The van der Waals surface area contributed by atoms with Crippen LogP contribution in [0.15, 0.2) is 180 Å². The highest BCUT2D eigenvalue weighted by molar-refractivity contribution is 6.99. The van der Waals surface area contributed by atoms with Crippen molar-refractivity contribution >= 4 is 47.8 Å². The Hall–Kier alpha value is -7.31. The highest BCUT2D eigenvalue weighted by atomic mass is 28.4. The minimum Gasteiger partial charge on any atom is -0.457 e. The molecule has 11 rings (SSSR count). The number of ether oxygens (including phenoxy) is 5. The molecular formula is C60H62FN7O7Si. The van der Waals surface area contributed by atoms with Gasteiger partial charge in [-0.3, -0.25) is 14.3 Å². The molecule has 0 amide bonds. The number of aromatic amines is 1. The average Bonchev–Trinajstić information content (AvgIpc) is 4.03. The van der Waals surface area contributed by atoms with Gasteiger partial charge in [-0.2, -0.15) is 4.98 Å². The molecule has 0 radical (unpaired) electrons. The SMILES string of the molecule is COC1(O[C@@H]2[C@H](OC3(c4ccccc4)c4ccccc4Oc4ccccc43)[C@@H](CO[Si](c3ccccc3)(c3ccccc3)C(C)(C)C)O[C@H]2n2cnc3c(=O)[nH]c(/N=C/N(C)C)nc32)CCN(c2ccccc2F)CC1. The van der Waals surface area contributed by atoms with Crippen LogP contribution in [0, 0.1) is 5.82 Å². The lowest BCUT2D eigenvalue weighted by molar-refractivity contribution is -0.282. The first-order valence-corrected chi connectivity index (χ1v) is 27.7. The van der Waals surface area contributed by atoms with E-state index < -0.39 is 54.8 Å². The lowest BCUT2D eigenvalue weighted by Gasteiger charge is -2.47. The van der Waals surface area contributed by atoms with E-state index >= 15 is 4.39 Å². The second-order valence-corrected chi connectivity index (χ2v) is 25.1. The molecule has 5 heterocycles. The molecule has 1 N–H and O–H groups in total. The number of halogens is 1. The van der Waals surface area contributed by atoms with Crippen LogP contribution in [0.1, 0.15) is 56.5 Å². The van der Waals surface area contributed by atoms with Crippen molar-refractivity contribution in [2.45, 2.75) is 74.6 Å². The van der Waals surface area contributed by atoms with Crippen LogP contribution in [0.2, 0.25) is 5.04 Å². The van der Waals surface area contributed by atoms with Crippen molar-refractivity contribution in [2.24, 2.45) is 4.99 Å². The maximum Gasteiger partial charge on any atom is 0.280 e. The molecule has 0 bridgehead atoms. The molecule has 2 saturated heterocycles. The van der Waals surface area contributed by atoms with E-state index in [4.69, 9.17) is 33.1 Å². The van der Waals surface area contributed by atoms with Gasteiger partial charge in [0.25, 0.3) is 13.9 Å². The third-order valence-corrected chi connectivity index (χ3v) is 20.0. The zero-order chi connectivity index (χ0) is 52.7. The van der Waals surface area contributed by atoms with Gasteiger partial charge in [0, 0.05) is 58.3 Å². The van der Waals surface area contributed by atoms with Crippen LogP contribution >= 0.6 is 0 Å². The van der Waals surface area contributed by atoms with E-state index in [1.54, 1.807) is 41.4 Å². The van der Waals surface area contributed by atoms with Crippen LogP contribution in [-0.4, -0.2) is 104 Å². The van der Waals surface area contributed by atoms with Crippen molar-refractivity contribution in [2.75, 3.05) is 45.8 Å². The topological polar surface area (TPSA) is 138 Å². The Morgan fingerprint density at radius 3 is 1.96 bits per heavy atom. The molecule has 2 aromatic heterocycles. The third kappa shape index (κ3) is 9.11. The zero-order valence-corrected chi connectivity index (χ0v) is 44.5. The molecule has 16 heteroatoms. The summed E-state index contributed by atoms with van der Waals surface area (Å²) in [5, 5.41) is 1.79. The molecule has 76 heavy (non-hydrogen) atoms. The molecule has 0 saturated carbocycles. The van der Waals surface area contributed by atoms with Gasteiger partial charge in [-0.05, 0) is 45.2 Å². The average molecular weight is 1040 g/mol. The van der Waals surface area contributed by atoms with E-state index in [1.165, 1.54) is 6.07 Å². The number of aromatic nitrogens is 4. The Morgan fingerprint density at radius 2 is 1.37 bits per heavy atom. The highest BCUT2D eigenvalue weighted by Crippen LogP contribution is 2.55. The van der Waals surface area contributed by atoms with Crippen molar-refractivity contribution in [3.05, 3.63) is 203 Å². The summed E-state index contributed by atoms with van der Waals surface area (Å²) in [6, 6.07) is 53.8. The molecule has 6 aromatic carbocycles. The first kappa shape index (κ1) is 50.8. The molecular weight excluding hydrogens is 978 g/mol. The van der Waals surface area contributed by atoms with Crippen LogP contribution < -0.4 is 25.6 Å². The number of rotatable bonds is 15. The normalized spacial score (nSPS) is 20.1. The molecule has 8 aromatic rings. The van der Waals surface area contributed by atoms with Gasteiger partial charge in [0.15, 0.2) is 28.8 Å². The number of para-hydroxylation sites is 3. The standard InChI is InChI=1S/C60H62FN7O7Si/c1-58(2,3)76(42-24-12-8-13-25-42,43-26-14-9-15-27-43)71-38-50-52(75-60(41-22-10-7-11-23-41)44-28-16-20-32-48(44)72-49-33-21-17-29-45(49)60)53(74-59(70-6)34-36-67(37-35-59)47-31-19-18-30-46(47)61)56(73-50)68-40-62-51-54(68)64-57(65-55(51)69)63-39-66(4)5/h7-33,39-40,50,52-53,56H,34-38H2,1-6H3,(H,64,65,69)/b63-39+/t50-,52-,53-,56-/m1/s1. The van der Waals surface area contributed by atoms with Gasteiger partial charge in [0.05, 0.1) is 25.0 Å². The van der Waals surface area contributed by atoms with Crippen LogP contribution in [0.5, 0.6) is 11.5 Å². The van der Waals surface area contributed by atoms with Crippen LogP contribution in [-0.2, 0) is 29.0 Å². The Bertz CT molecular complexity index is 3320. The maximum atomic E-state index is 15.4. The number of fused-ring (bicyclic) bond motifs is 3. The quantitative estimate of drug-likeness (QED) is 0.0455. The van der Waals surface area contributed by atoms with Gasteiger partial charge in [-0.25, -0.2) is 14.4 Å². The van der Waals surface area contributed by atoms with Gasteiger partial charge in [0.1, 0.15) is 35.6 Å². The Kier molecular flexibility index (Phi) is 13.8. The Balaban J connectivity index is 1.13. The van der Waals surface area contributed by atoms with Crippen LogP contribution in [0.4, 0.5) is 16.0 Å². The summed E-state index contributed by atoms with van der Waals surface area (Å²) in [5.41, 5.74) is 1.40. The predicted molar refractivity (Wildman–Crippen MR) is 294 cm³/mol. The van der Waals surface area contributed by atoms with E-state index in [1.807, 2.05) is 104 Å². The smallest absolute Gasteiger partial charge is 0.280 e. The summed E-state index contributed by atoms with van der Waals surface area (Å²) >= 11 is 0. The Labute approximate surface area is 442 Å². The highest BCUT2D eigenvalue weighted by Gasteiger charge is 2.59. The summed E-state index contributed by atoms with van der Waals surface area (Å²) in [4.78, 5) is 34.5. The molecule has 4 atom stereocenters. The van der Waals surface area contributed by atoms with Gasteiger partial charge >= 0.3 is 0 Å². The molecule has 0 spiro atoms. The number of benzene rings is 6. The number of nitrogens with zero attached hydrogens (tertiary/aromatic N) is 6. The summed E-state index contributed by atoms with van der Waals surface area (Å²) in [7, 11) is 2.06. The lowest BCUT2D eigenvalue weighted by Crippen LogP contribution is -2.67. The predicted octanol–water partition coefficient (Wildman–Crippen LogP) is 9.47. The van der Waals surface area contributed by atoms with Crippen molar-refractivity contribution < 1.29 is 32.5 Å². The number of anilines is 1. The molecule has 14 nitrogen and oxygen atoms in total. The van der Waals surface area contributed by atoms with Gasteiger partial charge in [-0.15, -0.1) is 0 Å². The molecule has 2 fully saturated rings. The number of imidazole rings is 1. The van der Waals surface area contributed by atoms with Gasteiger partial charge in [-0.1, -0.05) is 160 Å². The summed E-state index contributed by atoms with van der Waals surface area (Å²) in [6.45, 7) is 7.60. The molecule has 0 unspecified atom stereocenters. The van der Waals surface area contributed by atoms with E-state index in [9.17, 15) is 4.79 Å². The molecule has 3 aliphatic rings. The van der Waals surface area contributed by atoms with Gasteiger partial charge < -0.3 is 37.9 Å². The number of hydrogen-bond acceptors (Lipinski definition) is 11.